The van der Waals surface area contributed by atoms with Crippen LogP contribution in [0.1, 0.15) is 64.2 Å². The van der Waals surface area contributed by atoms with Crippen molar-refractivity contribution in [1.29, 1.82) is 0 Å². The first kappa shape index (κ1) is 11.3. The van der Waals surface area contributed by atoms with E-state index >= 15 is 0 Å². The maximum atomic E-state index is 2.06. The van der Waals surface area contributed by atoms with Gasteiger partial charge in [-0.25, -0.2) is 0 Å². The summed E-state index contributed by atoms with van der Waals surface area (Å²) in [5, 5.41) is 0. The SMILES string of the molecule is C1CCC2CC3=C(CC2C1)C1CC3C2C3CCC(C3)C12. The van der Waals surface area contributed by atoms with Gasteiger partial charge in [-0.1, -0.05) is 24.0 Å². The van der Waals surface area contributed by atoms with E-state index in [-0.39, 0.29) is 0 Å². The third-order valence-corrected chi connectivity index (χ3v) is 8.82. The highest BCUT2D eigenvalue weighted by atomic mass is 14.7. The van der Waals surface area contributed by atoms with Gasteiger partial charge in [0.25, 0.3) is 0 Å². The van der Waals surface area contributed by atoms with E-state index in [2.05, 4.69) is 11.1 Å². The van der Waals surface area contributed by atoms with Gasteiger partial charge < -0.3 is 0 Å². The number of hydrogen-bond donors (Lipinski definition) is 0. The lowest BCUT2D eigenvalue weighted by molar-refractivity contribution is 0.155. The molecular formula is C20H28. The van der Waals surface area contributed by atoms with Crippen LogP contribution in [0.4, 0.5) is 0 Å². The van der Waals surface area contributed by atoms with Gasteiger partial charge in [0.1, 0.15) is 0 Å². The fourth-order valence-electron chi connectivity index (χ4n) is 8.34. The van der Waals surface area contributed by atoms with Crippen molar-refractivity contribution in [2.75, 3.05) is 0 Å². The summed E-state index contributed by atoms with van der Waals surface area (Å²) >= 11 is 0. The normalized spacial score (nSPS) is 58.8. The first-order chi connectivity index (χ1) is 9.90. The van der Waals surface area contributed by atoms with E-state index in [9.17, 15) is 0 Å². The largest absolute Gasteiger partial charge is 0.0670 e. The van der Waals surface area contributed by atoms with E-state index < -0.39 is 0 Å². The molecular weight excluding hydrogens is 240 g/mol. The molecule has 8 atom stereocenters. The van der Waals surface area contributed by atoms with Crippen LogP contribution in [0.5, 0.6) is 0 Å². The Morgan fingerprint density at radius 1 is 0.550 bits per heavy atom. The third kappa shape index (κ3) is 1.22. The number of rotatable bonds is 0. The molecule has 20 heavy (non-hydrogen) atoms. The summed E-state index contributed by atoms with van der Waals surface area (Å²) in [4.78, 5) is 0. The number of hydrogen-bond acceptors (Lipinski definition) is 0. The second kappa shape index (κ2) is 3.73. The van der Waals surface area contributed by atoms with Crippen LogP contribution in [0, 0.1) is 47.3 Å². The molecule has 0 aliphatic heterocycles. The summed E-state index contributed by atoms with van der Waals surface area (Å²) < 4.78 is 0. The van der Waals surface area contributed by atoms with Crippen LogP contribution in [0.25, 0.3) is 0 Å². The third-order valence-electron chi connectivity index (χ3n) is 8.82. The zero-order valence-corrected chi connectivity index (χ0v) is 12.7. The molecule has 108 valence electrons. The fraction of sp³-hybridized carbons (Fsp3) is 0.900. The molecule has 0 saturated heterocycles. The molecule has 0 amide bonds. The minimum absolute atomic E-state index is 1.10. The van der Waals surface area contributed by atoms with Gasteiger partial charge in [-0.2, -0.15) is 0 Å². The van der Waals surface area contributed by atoms with Crippen LogP contribution in [0.3, 0.4) is 0 Å². The molecule has 0 spiro atoms. The maximum absolute atomic E-state index is 2.06. The first-order valence-corrected chi connectivity index (χ1v) is 9.62. The van der Waals surface area contributed by atoms with Crippen molar-refractivity contribution in [3.05, 3.63) is 11.1 Å². The molecule has 0 aromatic heterocycles. The van der Waals surface area contributed by atoms with E-state index in [0.29, 0.717) is 0 Å². The molecule has 0 aromatic rings. The summed E-state index contributed by atoms with van der Waals surface area (Å²) in [7, 11) is 0. The molecule has 4 fully saturated rings. The molecule has 0 aromatic carbocycles. The maximum Gasteiger partial charge on any atom is -0.0161 e. The summed E-state index contributed by atoms with van der Waals surface area (Å²) in [5.41, 5.74) is 4.12. The Bertz CT molecular complexity index is 444. The number of allylic oxidation sites excluding steroid dienone is 2. The van der Waals surface area contributed by atoms with Crippen molar-refractivity contribution >= 4 is 0 Å². The Morgan fingerprint density at radius 2 is 1.10 bits per heavy atom. The van der Waals surface area contributed by atoms with Gasteiger partial charge in [0.2, 0.25) is 0 Å². The summed E-state index contributed by atoms with van der Waals surface area (Å²) in [6, 6.07) is 0. The van der Waals surface area contributed by atoms with Gasteiger partial charge in [0, 0.05) is 0 Å². The molecule has 0 nitrogen and oxygen atoms in total. The average Bonchev–Trinajstić information content (AvgIpc) is 3.22. The monoisotopic (exact) mass is 268 g/mol. The van der Waals surface area contributed by atoms with Crippen LogP contribution in [0.15, 0.2) is 11.1 Å². The second-order valence-corrected chi connectivity index (χ2v) is 9.20. The molecule has 0 heterocycles. The second-order valence-electron chi connectivity index (χ2n) is 9.20. The summed E-state index contributed by atoms with van der Waals surface area (Å²) in [6.45, 7) is 0. The molecule has 0 radical (unpaired) electrons. The quantitative estimate of drug-likeness (QED) is 0.418. The lowest BCUT2D eigenvalue weighted by Gasteiger charge is -2.44. The highest BCUT2D eigenvalue weighted by Gasteiger charge is 2.62. The Hall–Kier alpha value is -0.260. The molecule has 0 heteroatoms. The fourth-order valence-corrected chi connectivity index (χ4v) is 8.34. The van der Waals surface area contributed by atoms with Crippen LogP contribution in [-0.2, 0) is 0 Å². The Labute approximate surface area is 123 Å². The molecule has 6 aliphatic rings. The minimum Gasteiger partial charge on any atom is -0.0670 e. The molecule has 4 bridgehead atoms. The lowest BCUT2D eigenvalue weighted by atomic mass is 9.61. The zero-order valence-electron chi connectivity index (χ0n) is 12.7. The van der Waals surface area contributed by atoms with Gasteiger partial charge in [-0.15, -0.1) is 0 Å². The molecule has 6 aliphatic carbocycles. The molecule has 6 rings (SSSR count). The number of fused-ring (bicyclic) bond motifs is 12. The zero-order chi connectivity index (χ0) is 12.8. The van der Waals surface area contributed by atoms with E-state index in [1.165, 1.54) is 24.7 Å². The van der Waals surface area contributed by atoms with Crippen molar-refractivity contribution in [2.24, 2.45) is 47.3 Å². The molecule has 4 saturated carbocycles. The predicted molar refractivity (Wildman–Crippen MR) is 81.1 cm³/mol. The first-order valence-electron chi connectivity index (χ1n) is 9.62. The average molecular weight is 268 g/mol. The predicted octanol–water partition coefficient (Wildman–Crippen LogP) is 5.20. The smallest absolute Gasteiger partial charge is 0.0161 e. The van der Waals surface area contributed by atoms with Gasteiger partial charge in [0.05, 0.1) is 0 Å². The van der Waals surface area contributed by atoms with Gasteiger partial charge in [-0.3, -0.25) is 0 Å². The molecule has 0 N–H and O–H groups in total. The van der Waals surface area contributed by atoms with E-state index in [1.807, 2.05) is 0 Å². The highest BCUT2D eigenvalue weighted by molar-refractivity contribution is 5.37. The van der Waals surface area contributed by atoms with Crippen LogP contribution >= 0.6 is 0 Å². The van der Waals surface area contributed by atoms with Crippen molar-refractivity contribution in [2.45, 2.75) is 64.2 Å². The Kier molecular flexibility index (Phi) is 2.11. The minimum atomic E-state index is 1.10. The van der Waals surface area contributed by atoms with Crippen molar-refractivity contribution < 1.29 is 0 Å². The van der Waals surface area contributed by atoms with E-state index in [0.717, 1.165) is 35.5 Å². The van der Waals surface area contributed by atoms with Crippen molar-refractivity contribution in [3.63, 3.8) is 0 Å². The van der Waals surface area contributed by atoms with Crippen molar-refractivity contribution in [3.8, 4) is 0 Å². The Balaban J connectivity index is 1.39. The molecule has 8 unspecified atom stereocenters. The Morgan fingerprint density at radius 3 is 1.65 bits per heavy atom. The summed E-state index contributed by atoms with van der Waals surface area (Å²) in [5.74, 6) is 9.10. The van der Waals surface area contributed by atoms with E-state index in [4.69, 9.17) is 0 Å². The van der Waals surface area contributed by atoms with Crippen LogP contribution in [-0.4, -0.2) is 0 Å². The summed E-state index contributed by atoms with van der Waals surface area (Å²) in [6.07, 6.45) is 15.8. The highest BCUT2D eigenvalue weighted by Crippen LogP contribution is 2.71. The topological polar surface area (TPSA) is 0 Å². The van der Waals surface area contributed by atoms with Crippen LogP contribution in [0.2, 0.25) is 0 Å². The van der Waals surface area contributed by atoms with E-state index in [1.54, 1.807) is 51.4 Å². The lowest BCUT2D eigenvalue weighted by Crippen LogP contribution is -2.35. The van der Waals surface area contributed by atoms with Gasteiger partial charge >= 0.3 is 0 Å². The van der Waals surface area contributed by atoms with Crippen LogP contribution < -0.4 is 0 Å². The van der Waals surface area contributed by atoms with Crippen molar-refractivity contribution in [1.82, 2.24) is 0 Å². The van der Waals surface area contributed by atoms with Gasteiger partial charge in [-0.05, 0) is 98.7 Å². The standard InChI is InChI=1S/C20H28/c1-2-4-12-9-16-15(8-11(12)3-1)17-10-18(16)20-14-6-5-13(7-14)19(17)20/h11-14,17-20H,1-10H2. The van der Waals surface area contributed by atoms with Gasteiger partial charge in [0.15, 0.2) is 0 Å².